The molecule has 1 aromatic carbocycles. The van der Waals surface area contributed by atoms with Gasteiger partial charge in [0.25, 0.3) is 5.56 Å². The molecule has 0 saturated heterocycles. The minimum Gasteiger partial charge on any atom is -0.268 e. The first kappa shape index (κ1) is 10.8. The highest BCUT2D eigenvalue weighted by molar-refractivity contribution is 6.33. The third-order valence-corrected chi connectivity index (χ3v) is 2.36. The summed E-state index contributed by atoms with van der Waals surface area (Å²) in [6.07, 6.45) is 0. The van der Waals surface area contributed by atoms with Crippen molar-refractivity contribution < 1.29 is 8.78 Å². The molecule has 0 amide bonds. The number of nitrogens with zero attached hydrogens (tertiary/aromatic N) is 1. The Bertz CT molecular complexity index is 577. The number of aromatic amines is 1. The smallest absolute Gasteiger partial charge is 0.264 e. The molecule has 0 aliphatic carbocycles. The van der Waals surface area contributed by atoms with Crippen molar-refractivity contribution >= 4 is 11.6 Å². The molecule has 82 valence electrons. The van der Waals surface area contributed by atoms with E-state index in [0.717, 1.165) is 6.07 Å². The highest BCUT2D eigenvalue weighted by Gasteiger charge is 2.13. The third-order valence-electron chi connectivity index (χ3n) is 1.99. The van der Waals surface area contributed by atoms with Crippen LogP contribution in [0.1, 0.15) is 0 Å². The van der Waals surface area contributed by atoms with E-state index < -0.39 is 11.6 Å². The van der Waals surface area contributed by atoms with Crippen LogP contribution in [0.3, 0.4) is 0 Å². The topological polar surface area (TPSA) is 45.8 Å². The van der Waals surface area contributed by atoms with E-state index >= 15 is 0 Å². The third kappa shape index (κ3) is 1.81. The van der Waals surface area contributed by atoms with Gasteiger partial charge in [0.15, 0.2) is 11.6 Å². The molecule has 16 heavy (non-hydrogen) atoms. The maximum atomic E-state index is 13.1. The highest BCUT2D eigenvalue weighted by atomic mass is 35.5. The molecule has 0 bridgehead atoms. The van der Waals surface area contributed by atoms with E-state index in [1.54, 1.807) is 0 Å². The predicted molar refractivity (Wildman–Crippen MR) is 55.2 cm³/mol. The van der Waals surface area contributed by atoms with E-state index in [1.165, 1.54) is 18.2 Å². The first-order valence-corrected chi connectivity index (χ1v) is 4.67. The van der Waals surface area contributed by atoms with Crippen LogP contribution in [-0.2, 0) is 0 Å². The van der Waals surface area contributed by atoms with E-state index in [0.29, 0.717) is 0 Å². The number of benzene rings is 1. The maximum absolute atomic E-state index is 13.1. The number of H-pyrrole nitrogens is 1. The molecule has 3 nitrogen and oxygen atoms in total. The van der Waals surface area contributed by atoms with Crippen LogP contribution in [0, 0.1) is 11.6 Å². The fraction of sp³-hybridized carbons (Fsp3) is 0. The van der Waals surface area contributed by atoms with Crippen LogP contribution >= 0.6 is 11.6 Å². The van der Waals surface area contributed by atoms with Crippen molar-refractivity contribution in [1.82, 2.24) is 10.2 Å². The summed E-state index contributed by atoms with van der Waals surface area (Å²) in [5.74, 6) is -2.16. The van der Waals surface area contributed by atoms with E-state index in [4.69, 9.17) is 11.6 Å². The van der Waals surface area contributed by atoms with Crippen LogP contribution in [0.15, 0.2) is 29.1 Å². The van der Waals surface area contributed by atoms with Gasteiger partial charge in [0, 0.05) is 11.6 Å². The molecule has 0 saturated carbocycles. The fourth-order valence-electron chi connectivity index (χ4n) is 1.22. The van der Waals surface area contributed by atoms with E-state index in [2.05, 4.69) is 10.2 Å². The second-order valence-corrected chi connectivity index (χ2v) is 3.41. The molecular weight excluding hydrogens is 238 g/mol. The zero-order chi connectivity index (χ0) is 11.7. The van der Waals surface area contributed by atoms with Gasteiger partial charge >= 0.3 is 0 Å². The minimum atomic E-state index is -1.13. The first-order valence-electron chi connectivity index (χ1n) is 4.29. The van der Waals surface area contributed by atoms with Crippen LogP contribution in [0.25, 0.3) is 11.3 Å². The standard InChI is InChI=1S/C10H5ClF2N2O/c11-9-5(1-2-6(12)10(9)13)7-3-4-8(16)15-14-7/h1-4H,(H,15,16). The molecule has 0 fully saturated rings. The van der Waals surface area contributed by atoms with Crippen molar-refractivity contribution in [3.63, 3.8) is 0 Å². The lowest BCUT2D eigenvalue weighted by Gasteiger charge is -2.04. The summed E-state index contributed by atoms with van der Waals surface area (Å²) in [6, 6.07) is 4.84. The van der Waals surface area contributed by atoms with Gasteiger partial charge in [0.1, 0.15) is 0 Å². The summed E-state index contributed by atoms with van der Waals surface area (Å²) in [4.78, 5) is 10.8. The average molecular weight is 243 g/mol. The maximum Gasteiger partial charge on any atom is 0.264 e. The Labute approximate surface area is 93.7 Å². The zero-order valence-electron chi connectivity index (χ0n) is 7.80. The van der Waals surface area contributed by atoms with Crippen LogP contribution in [0.2, 0.25) is 5.02 Å². The van der Waals surface area contributed by atoms with Gasteiger partial charge in [0.05, 0.1) is 10.7 Å². The van der Waals surface area contributed by atoms with Gasteiger partial charge in [-0.3, -0.25) is 4.79 Å². The molecular formula is C10H5ClF2N2O. The van der Waals surface area contributed by atoms with Crippen LogP contribution in [0.5, 0.6) is 0 Å². The minimum absolute atomic E-state index is 0.219. The van der Waals surface area contributed by atoms with Gasteiger partial charge in [0.2, 0.25) is 0 Å². The fourth-order valence-corrected chi connectivity index (χ4v) is 1.47. The zero-order valence-corrected chi connectivity index (χ0v) is 8.55. The second kappa shape index (κ2) is 4.02. The van der Waals surface area contributed by atoms with Gasteiger partial charge in [-0.1, -0.05) is 11.6 Å². The van der Waals surface area contributed by atoms with Crippen LogP contribution < -0.4 is 5.56 Å². The quantitative estimate of drug-likeness (QED) is 0.781. The first-order chi connectivity index (χ1) is 7.59. The summed E-state index contributed by atoms with van der Waals surface area (Å²) >= 11 is 5.63. The van der Waals surface area contributed by atoms with Crippen molar-refractivity contribution in [2.24, 2.45) is 0 Å². The second-order valence-electron chi connectivity index (χ2n) is 3.03. The molecule has 2 rings (SSSR count). The number of halogens is 3. The Morgan fingerprint density at radius 2 is 1.94 bits per heavy atom. The average Bonchev–Trinajstić information content (AvgIpc) is 2.28. The molecule has 2 aromatic rings. The Kier molecular flexibility index (Phi) is 2.70. The number of nitrogens with one attached hydrogen (secondary N) is 1. The van der Waals surface area contributed by atoms with Crippen LogP contribution in [-0.4, -0.2) is 10.2 Å². The molecule has 0 spiro atoms. The molecule has 1 heterocycles. The molecule has 6 heteroatoms. The molecule has 1 N–H and O–H groups in total. The SMILES string of the molecule is O=c1ccc(-c2ccc(F)c(F)c2Cl)n[nH]1. The lowest BCUT2D eigenvalue weighted by molar-refractivity contribution is 0.509. The lowest BCUT2D eigenvalue weighted by atomic mass is 10.1. The van der Waals surface area contributed by atoms with Gasteiger partial charge in [-0.2, -0.15) is 5.10 Å². The molecule has 0 unspecified atom stereocenters. The largest absolute Gasteiger partial charge is 0.268 e. The van der Waals surface area contributed by atoms with Crippen molar-refractivity contribution in [2.45, 2.75) is 0 Å². The highest BCUT2D eigenvalue weighted by Crippen LogP contribution is 2.29. The summed E-state index contributed by atoms with van der Waals surface area (Å²) in [6.45, 7) is 0. The van der Waals surface area contributed by atoms with Crippen molar-refractivity contribution in [1.29, 1.82) is 0 Å². The molecule has 0 aliphatic heterocycles. The van der Waals surface area contributed by atoms with E-state index in [9.17, 15) is 13.6 Å². The van der Waals surface area contributed by atoms with Crippen LogP contribution in [0.4, 0.5) is 8.78 Å². The number of aromatic nitrogens is 2. The lowest BCUT2D eigenvalue weighted by Crippen LogP contribution is -2.05. The normalized spacial score (nSPS) is 10.4. The molecule has 0 aliphatic rings. The number of hydrogen-bond donors (Lipinski definition) is 1. The van der Waals surface area contributed by atoms with Crippen molar-refractivity contribution in [3.05, 3.63) is 51.3 Å². The predicted octanol–water partition coefficient (Wildman–Crippen LogP) is 2.37. The summed E-state index contributed by atoms with van der Waals surface area (Å²) < 4.78 is 26.0. The Morgan fingerprint density at radius 1 is 1.19 bits per heavy atom. The van der Waals surface area contributed by atoms with Crippen molar-refractivity contribution in [3.8, 4) is 11.3 Å². The number of hydrogen-bond acceptors (Lipinski definition) is 2. The summed E-state index contributed by atoms with van der Waals surface area (Å²) in [5, 5.41) is 5.49. The van der Waals surface area contributed by atoms with Gasteiger partial charge in [-0.05, 0) is 18.2 Å². The Hall–Kier alpha value is -1.75. The number of rotatable bonds is 1. The van der Waals surface area contributed by atoms with Crippen molar-refractivity contribution in [2.75, 3.05) is 0 Å². The molecule has 0 atom stereocenters. The Balaban J connectivity index is 2.61. The summed E-state index contributed by atoms with van der Waals surface area (Å²) in [7, 11) is 0. The van der Waals surface area contributed by atoms with Gasteiger partial charge in [-0.25, -0.2) is 13.9 Å². The van der Waals surface area contributed by atoms with E-state index in [-0.39, 0.29) is 21.8 Å². The van der Waals surface area contributed by atoms with Gasteiger partial charge < -0.3 is 0 Å². The van der Waals surface area contributed by atoms with E-state index in [1.807, 2.05) is 0 Å². The monoisotopic (exact) mass is 242 g/mol. The summed E-state index contributed by atoms with van der Waals surface area (Å²) in [5.41, 5.74) is 0.0998. The Morgan fingerprint density at radius 3 is 2.56 bits per heavy atom. The molecule has 1 aromatic heterocycles. The van der Waals surface area contributed by atoms with Gasteiger partial charge in [-0.15, -0.1) is 0 Å². The molecule has 0 radical (unpaired) electrons.